The first-order chi connectivity index (χ1) is 10.1. The lowest BCUT2D eigenvalue weighted by Gasteiger charge is -2.15. The second-order valence-corrected chi connectivity index (χ2v) is 5.08. The molecule has 0 aliphatic rings. The molecule has 0 bridgehead atoms. The molecule has 0 fully saturated rings. The third-order valence-corrected chi connectivity index (χ3v) is 3.49. The molecule has 2 aromatic carbocycles. The molecule has 1 amide bonds. The second kappa shape index (κ2) is 7.14. The van der Waals surface area contributed by atoms with Gasteiger partial charge in [0.1, 0.15) is 5.75 Å². The maximum Gasteiger partial charge on any atom is 0.253 e. The third-order valence-electron chi connectivity index (χ3n) is 3.16. The smallest absolute Gasteiger partial charge is 0.253 e. The van der Waals surface area contributed by atoms with E-state index in [1.165, 1.54) is 0 Å². The second-order valence-electron chi connectivity index (χ2n) is 4.68. The Morgan fingerprint density at radius 2 is 1.86 bits per heavy atom. The van der Waals surface area contributed by atoms with Gasteiger partial charge in [-0.1, -0.05) is 35.9 Å². The Hall–Kier alpha value is -2.00. The van der Waals surface area contributed by atoms with Crippen LogP contribution >= 0.6 is 11.6 Å². The van der Waals surface area contributed by atoms with Crippen LogP contribution in [0.5, 0.6) is 5.75 Å². The molecule has 110 valence electrons. The highest BCUT2D eigenvalue weighted by Crippen LogP contribution is 2.20. The summed E-state index contributed by atoms with van der Waals surface area (Å²) in [4.78, 5) is 12.2. The molecule has 0 aliphatic carbocycles. The summed E-state index contributed by atoms with van der Waals surface area (Å²) in [7, 11) is 0. The maximum atomic E-state index is 12.2. The summed E-state index contributed by atoms with van der Waals surface area (Å²) in [6, 6.07) is 14.6. The zero-order valence-corrected chi connectivity index (χ0v) is 12.9. The molecular weight excluding hydrogens is 286 g/mol. The number of hydrogen-bond acceptors (Lipinski definition) is 2. The van der Waals surface area contributed by atoms with Gasteiger partial charge < -0.3 is 10.1 Å². The van der Waals surface area contributed by atoms with E-state index in [0.717, 1.165) is 11.3 Å². The molecule has 1 unspecified atom stereocenters. The van der Waals surface area contributed by atoms with Crippen LogP contribution in [0, 0.1) is 0 Å². The van der Waals surface area contributed by atoms with Crippen LogP contribution in [0.25, 0.3) is 0 Å². The molecule has 0 saturated carbocycles. The van der Waals surface area contributed by atoms with E-state index in [2.05, 4.69) is 5.32 Å². The highest BCUT2D eigenvalue weighted by atomic mass is 35.5. The van der Waals surface area contributed by atoms with Crippen LogP contribution in [0.15, 0.2) is 48.5 Å². The zero-order chi connectivity index (χ0) is 15.2. The lowest BCUT2D eigenvalue weighted by atomic mass is 10.1. The van der Waals surface area contributed by atoms with Gasteiger partial charge in [0.2, 0.25) is 0 Å². The van der Waals surface area contributed by atoms with Crippen molar-refractivity contribution in [1.82, 2.24) is 5.32 Å². The van der Waals surface area contributed by atoms with Crippen LogP contribution in [-0.4, -0.2) is 12.5 Å². The number of carbonyl (C=O) groups excluding carboxylic acids is 1. The van der Waals surface area contributed by atoms with E-state index in [1.54, 1.807) is 24.3 Å². The summed E-state index contributed by atoms with van der Waals surface area (Å²) >= 11 is 6.03. The fourth-order valence-electron chi connectivity index (χ4n) is 2.02. The van der Waals surface area contributed by atoms with E-state index >= 15 is 0 Å². The topological polar surface area (TPSA) is 38.3 Å². The summed E-state index contributed by atoms with van der Waals surface area (Å²) in [5.41, 5.74) is 1.50. The number of hydrogen-bond donors (Lipinski definition) is 1. The van der Waals surface area contributed by atoms with Gasteiger partial charge in [-0.3, -0.25) is 4.79 Å². The number of ether oxygens (including phenoxy) is 1. The minimum absolute atomic E-state index is 0.107. The molecule has 0 spiro atoms. The SMILES string of the molecule is CCOc1ccc(C(C)NC(=O)c2ccccc2Cl)cc1. The number of amides is 1. The van der Waals surface area contributed by atoms with E-state index in [0.29, 0.717) is 17.2 Å². The fraction of sp³-hybridized carbons (Fsp3) is 0.235. The van der Waals surface area contributed by atoms with E-state index in [-0.39, 0.29) is 11.9 Å². The highest BCUT2D eigenvalue weighted by molar-refractivity contribution is 6.33. The minimum atomic E-state index is -0.179. The van der Waals surface area contributed by atoms with Gasteiger partial charge in [0.15, 0.2) is 0 Å². The van der Waals surface area contributed by atoms with Crippen molar-refractivity contribution >= 4 is 17.5 Å². The van der Waals surface area contributed by atoms with Gasteiger partial charge in [-0.15, -0.1) is 0 Å². The molecule has 21 heavy (non-hydrogen) atoms. The van der Waals surface area contributed by atoms with Crippen LogP contribution in [-0.2, 0) is 0 Å². The minimum Gasteiger partial charge on any atom is -0.494 e. The molecule has 4 heteroatoms. The van der Waals surface area contributed by atoms with Crippen LogP contribution in [0.4, 0.5) is 0 Å². The van der Waals surface area contributed by atoms with Crippen molar-refractivity contribution in [3.63, 3.8) is 0 Å². The van der Waals surface area contributed by atoms with Gasteiger partial charge in [0.25, 0.3) is 5.91 Å². The summed E-state index contributed by atoms with van der Waals surface area (Å²) in [5.74, 6) is 0.646. The lowest BCUT2D eigenvalue weighted by molar-refractivity contribution is 0.0940. The van der Waals surface area contributed by atoms with Crippen molar-refractivity contribution in [2.75, 3.05) is 6.61 Å². The first kappa shape index (κ1) is 15.4. The van der Waals surface area contributed by atoms with E-state index in [4.69, 9.17) is 16.3 Å². The number of carbonyl (C=O) groups is 1. The first-order valence-electron chi connectivity index (χ1n) is 6.90. The number of halogens is 1. The molecule has 2 aromatic rings. The average molecular weight is 304 g/mol. The lowest BCUT2D eigenvalue weighted by Crippen LogP contribution is -2.26. The van der Waals surface area contributed by atoms with Gasteiger partial charge in [-0.25, -0.2) is 0 Å². The van der Waals surface area contributed by atoms with E-state index < -0.39 is 0 Å². The Balaban J connectivity index is 2.05. The van der Waals surface area contributed by atoms with Gasteiger partial charge in [0, 0.05) is 0 Å². The van der Waals surface area contributed by atoms with Gasteiger partial charge in [0.05, 0.1) is 23.2 Å². The Bertz CT molecular complexity index is 610. The quantitative estimate of drug-likeness (QED) is 0.897. The monoisotopic (exact) mass is 303 g/mol. The molecular formula is C17H18ClNO2. The number of benzene rings is 2. The Morgan fingerprint density at radius 3 is 2.48 bits per heavy atom. The van der Waals surface area contributed by atoms with Crippen molar-refractivity contribution in [2.45, 2.75) is 19.9 Å². The molecule has 1 N–H and O–H groups in total. The Labute approximate surface area is 129 Å². The van der Waals surface area contributed by atoms with Crippen molar-refractivity contribution in [1.29, 1.82) is 0 Å². The zero-order valence-electron chi connectivity index (χ0n) is 12.1. The van der Waals surface area contributed by atoms with Gasteiger partial charge in [-0.05, 0) is 43.7 Å². The number of rotatable bonds is 5. The van der Waals surface area contributed by atoms with Crippen LogP contribution < -0.4 is 10.1 Å². The molecule has 0 aliphatic heterocycles. The summed E-state index contributed by atoms with van der Waals surface area (Å²) in [6.07, 6.45) is 0. The molecule has 0 aromatic heterocycles. The van der Waals surface area contributed by atoms with Crippen molar-refractivity contribution in [3.8, 4) is 5.75 Å². The Kier molecular flexibility index (Phi) is 5.23. The highest BCUT2D eigenvalue weighted by Gasteiger charge is 2.13. The molecule has 1 atom stereocenters. The largest absolute Gasteiger partial charge is 0.494 e. The predicted molar refractivity (Wildman–Crippen MR) is 84.9 cm³/mol. The van der Waals surface area contributed by atoms with Crippen molar-refractivity contribution in [3.05, 3.63) is 64.7 Å². The summed E-state index contributed by atoms with van der Waals surface area (Å²) in [5, 5.41) is 3.39. The molecule has 2 rings (SSSR count). The molecule has 0 radical (unpaired) electrons. The third kappa shape index (κ3) is 3.99. The summed E-state index contributed by atoms with van der Waals surface area (Å²) < 4.78 is 5.40. The normalized spacial score (nSPS) is 11.8. The number of nitrogens with one attached hydrogen (secondary N) is 1. The average Bonchev–Trinajstić information content (AvgIpc) is 2.48. The first-order valence-corrected chi connectivity index (χ1v) is 7.27. The maximum absolute atomic E-state index is 12.2. The van der Waals surface area contributed by atoms with E-state index in [1.807, 2.05) is 38.1 Å². The van der Waals surface area contributed by atoms with E-state index in [9.17, 15) is 4.79 Å². The van der Waals surface area contributed by atoms with Gasteiger partial charge in [-0.2, -0.15) is 0 Å². The van der Waals surface area contributed by atoms with Crippen molar-refractivity contribution in [2.24, 2.45) is 0 Å². The fourth-order valence-corrected chi connectivity index (χ4v) is 2.24. The molecule has 3 nitrogen and oxygen atoms in total. The van der Waals surface area contributed by atoms with Crippen LogP contribution in [0.2, 0.25) is 5.02 Å². The molecule has 0 heterocycles. The van der Waals surface area contributed by atoms with Crippen LogP contribution in [0.1, 0.15) is 35.8 Å². The van der Waals surface area contributed by atoms with Crippen molar-refractivity contribution < 1.29 is 9.53 Å². The van der Waals surface area contributed by atoms with Gasteiger partial charge >= 0.3 is 0 Å². The Morgan fingerprint density at radius 1 is 1.19 bits per heavy atom. The molecule has 0 saturated heterocycles. The standard InChI is InChI=1S/C17H18ClNO2/c1-3-21-14-10-8-13(9-11-14)12(2)19-17(20)15-6-4-5-7-16(15)18/h4-12H,3H2,1-2H3,(H,19,20). The van der Waals surface area contributed by atoms with Crippen LogP contribution in [0.3, 0.4) is 0 Å². The summed E-state index contributed by atoms with van der Waals surface area (Å²) in [6.45, 7) is 4.52. The predicted octanol–water partition coefficient (Wildman–Crippen LogP) is 4.23.